The standard InChI is InChI=1S/C46H56FN3O9/c1-4-25-57-46-41(50(45(54)56-5-2)30-32-17-19-34(47)20-18-32)28-39(49-55-3)37-26-33(15-9-11-23-51)36(16-10-12-24-52)42(43(37)46)38-27-35(21-22-40(38)59-46)58-44(53)48-29-31-13-7-6-8-14-31/h4,6-8,13-14,17-22,26-27,33,36,41-43,51-52H,1,5,9-12,15-16,23-25,28-30H2,2-3H3,(H,48,53)/t33-,36+,41-,42+,43+,46+/m0/s1. The first-order chi connectivity index (χ1) is 28.8. The van der Waals surface area contributed by atoms with Crippen molar-refractivity contribution in [2.45, 2.75) is 82.7 Å². The number of ether oxygens (including phenoxy) is 4. The quantitative estimate of drug-likeness (QED) is 0.0622. The van der Waals surface area contributed by atoms with Gasteiger partial charge in [-0.05, 0) is 91.5 Å². The number of hydrogen-bond acceptors (Lipinski definition) is 10. The zero-order valence-corrected chi connectivity index (χ0v) is 33.9. The molecule has 1 fully saturated rings. The molecule has 3 aromatic rings. The molecule has 1 heterocycles. The summed E-state index contributed by atoms with van der Waals surface area (Å²) in [6, 6.07) is 20.0. The monoisotopic (exact) mass is 813 g/mol. The van der Waals surface area contributed by atoms with Gasteiger partial charge in [0.15, 0.2) is 0 Å². The van der Waals surface area contributed by atoms with E-state index in [2.05, 4.69) is 23.1 Å². The third kappa shape index (κ3) is 9.97. The Morgan fingerprint density at radius 2 is 1.76 bits per heavy atom. The predicted octanol–water partition coefficient (Wildman–Crippen LogP) is 8.04. The van der Waals surface area contributed by atoms with Gasteiger partial charge in [-0.25, -0.2) is 14.0 Å². The summed E-state index contributed by atoms with van der Waals surface area (Å²) in [5.41, 5.74) is 3.86. The molecule has 0 aromatic heterocycles. The maximum Gasteiger partial charge on any atom is 0.412 e. The van der Waals surface area contributed by atoms with Crippen molar-refractivity contribution in [1.29, 1.82) is 0 Å². The molecule has 3 N–H and O–H groups in total. The number of oxime groups is 1. The highest BCUT2D eigenvalue weighted by molar-refractivity contribution is 6.03. The summed E-state index contributed by atoms with van der Waals surface area (Å²) in [6.07, 6.45) is 7.08. The number of rotatable bonds is 19. The van der Waals surface area contributed by atoms with Gasteiger partial charge in [-0.2, -0.15) is 0 Å². The minimum Gasteiger partial charge on any atom is -0.459 e. The molecule has 3 aromatic carbocycles. The first-order valence-corrected chi connectivity index (χ1v) is 20.6. The lowest BCUT2D eigenvalue weighted by atomic mass is 9.55. The molecule has 0 unspecified atom stereocenters. The number of benzene rings is 3. The van der Waals surface area contributed by atoms with Gasteiger partial charge in [-0.1, -0.05) is 72.6 Å². The molecule has 2 aliphatic carbocycles. The van der Waals surface area contributed by atoms with Crippen LogP contribution >= 0.6 is 0 Å². The van der Waals surface area contributed by atoms with E-state index in [0.29, 0.717) is 35.6 Å². The van der Waals surface area contributed by atoms with E-state index in [0.717, 1.165) is 42.4 Å². The Morgan fingerprint density at radius 1 is 1.02 bits per heavy atom. The molecule has 6 atom stereocenters. The number of amides is 2. The molecular weight excluding hydrogens is 758 g/mol. The molecule has 59 heavy (non-hydrogen) atoms. The second kappa shape index (κ2) is 20.6. The van der Waals surface area contributed by atoms with Crippen molar-refractivity contribution < 1.29 is 48.0 Å². The van der Waals surface area contributed by atoms with Crippen LogP contribution in [0.4, 0.5) is 14.0 Å². The average Bonchev–Trinajstić information content (AvgIpc) is 3.24. The number of halogens is 1. The number of aliphatic hydroxyl groups is 2. The van der Waals surface area contributed by atoms with Gasteiger partial charge in [0.25, 0.3) is 0 Å². The zero-order chi connectivity index (χ0) is 41.8. The molecule has 0 spiro atoms. The first-order valence-electron chi connectivity index (χ1n) is 20.6. The summed E-state index contributed by atoms with van der Waals surface area (Å²) in [5.74, 6) is -2.06. The third-order valence-corrected chi connectivity index (χ3v) is 11.5. The Morgan fingerprint density at radius 3 is 2.46 bits per heavy atom. The van der Waals surface area contributed by atoms with Crippen LogP contribution in [0.2, 0.25) is 0 Å². The van der Waals surface area contributed by atoms with Gasteiger partial charge in [-0.15, -0.1) is 6.58 Å². The summed E-state index contributed by atoms with van der Waals surface area (Å²) >= 11 is 0. The van der Waals surface area contributed by atoms with Gasteiger partial charge < -0.3 is 39.3 Å². The lowest BCUT2D eigenvalue weighted by molar-refractivity contribution is -0.256. The van der Waals surface area contributed by atoms with Crippen molar-refractivity contribution in [2.75, 3.05) is 33.5 Å². The maximum atomic E-state index is 14.2. The van der Waals surface area contributed by atoms with Crippen molar-refractivity contribution >= 4 is 17.9 Å². The fraction of sp³-hybridized carbons (Fsp3) is 0.457. The van der Waals surface area contributed by atoms with Crippen LogP contribution < -0.4 is 14.8 Å². The molecule has 1 aliphatic heterocycles. The van der Waals surface area contributed by atoms with Gasteiger partial charge in [0.2, 0.25) is 5.79 Å². The molecule has 0 radical (unpaired) electrons. The second-order valence-electron chi connectivity index (χ2n) is 15.1. The van der Waals surface area contributed by atoms with Crippen molar-refractivity contribution in [3.63, 3.8) is 0 Å². The number of carbonyl (C=O) groups excluding carboxylic acids is 2. The number of allylic oxidation sites excluding steroid dienone is 1. The smallest absolute Gasteiger partial charge is 0.412 e. The van der Waals surface area contributed by atoms with E-state index in [1.54, 1.807) is 42.2 Å². The fourth-order valence-corrected chi connectivity index (χ4v) is 9.03. The highest BCUT2D eigenvalue weighted by Crippen LogP contribution is 2.62. The van der Waals surface area contributed by atoms with E-state index in [1.165, 1.54) is 19.2 Å². The number of nitrogens with one attached hydrogen (secondary N) is 1. The van der Waals surface area contributed by atoms with E-state index in [-0.39, 0.29) is 63.7 Å². The van der Waals surface area contributed by atoms with Crippen molar-refractivity contribution in [1.82, 2.24) is 10.2 Å². The molecule has 2 amide bonds. The van der Waals surface area contributed by atoms with Crippen LogP contribution in [0.5, 0.6) is 11.5 Å². The van der Waals surface area contributed by atoms with Crippen LogP contribution in [0.3, 0.4) is 0 Å². The van der Waals surface area contributed by atoms with Crippen molar-refractivity contribution in [3.05, 3.63) is 120 Å². The Kier molecular flexibility index (Phi) is 15.2. The lowest BCUT2D eigenvalue weighted by Gasteiger charge is -2.59. The minimum absolute atomic E-state index is 0.0114. The Labute approximate surface area is 345 Å². The SMILES string of the molecule is C=CCO[C@@]12Oc3ccc(OC(=O)NCc4ccccc4)cc3[C@H]3[C@H](CCCCO)[C@@H](CCCCO)C=C(C(=NOC)C[C@@H]1N(Cc1ccc(F)cc1)C(=O)OCC)[C@H]32. The summed E-state index contributed by atoms with van der Waals surface area (Å²) in [4.78, 5) is 34.5. The summed E-state index contributed by atoms with van der Waals surface area (Å²) in [6.45, 7) is 6.33. The fourth-order valence-electron chi connectivity index (χ4n) is 9.03. The van der Waals surface area contributed by atoms with Gasteiger partial charge in [-0.3, -0.25) is 4.90 Å². The summed E-state index contributed by atoms with van der Waals surface area (Å²) in [7, 11) is 1.48. The zero-order valence-electron chi connectivity index (χ0n) is 33.9. The molecule has 13 heteroatoms. The van der Waals surface area contributed by atoms with Crippen LogP contribution in [0.25, 0.3) is 0 Å². The van der Waals surface area contributed by atoms with E-state index in [4.69, 9.17) is 23.8 Å². The van der Waals surface area contributed by atoms with E-state index < -0.39 is 35.8 Å². The summed E-state index contributed by atoms with van der Waals surface area (Å²) < 4.78 is 39.9. The molecule has 1 saturated carbocycles. The van der Waals surface area contributed by atoms with E-state index in [9.17, 15) is 24.2 Å². The molecule has 3 aliphatic rings. The largest absolute Gasteiger partial charge is 0.459 e. The summed E-state index contributed by atoms with van der Waals surface area (Å²) in [5, 5.41) is 27.1. The van der Waals surface area contributed by atoms with Crippen LogP contribution in [0.1, 0.15) is 74.5 Å². The number of aliphatic hydroxyl groups excluding tert-OH is 2. The van der Waals surface area contributed by atoms with Crippen molar-refractivity contribution in [2.24, 2.45) is 22.9 Å². The second-order valence-corrected chi connectivity index (χ2v) is 15.1. The lowest BCUT2D eigenvalue weighted by Crippen LogP contribution is -2.70. The predicted molar refractivity (Wildman–Crippen MR) is 220 cm³/mol. The molecular formula is C46H56FN3O9. The Balaban J connectivity index is 1.52. The Bertz CT molecular complexity index is 1940. The molecule has 12 nitrogen and oxygen atoms in total. The minimum atomic E-state index is -1.53. The van der Waals surface area contributed by atoms with Crippen LogP contribution in [0, 0.1) is 23.6 Å². The van der Waals surface area contributed by atoms with Crippen LogP contribution in [-0.2, 0) is 27.4 Å². The molecule has 0 saturated heterocycles. The number of hydrogen-bond donors (Lipinski definition) is 3. The van der Waals surface area contributed by atoms with Gasteiger partial charge in [0.05, 0.1) is 24.8 Å². The van der Waals surface area contributed by atoms with Crippen LogP contribution in [0.15, 0.2) is 102 Å². The molecule has 0 bridgehead atoms. The average molecular weight is 814 g/mol. The van der Waals surface area contributed by atoms with Crippen molar-refractivity contribution in [3.8, 4) is 11.5 Å². The van der Waals surface area contributed by atoms with Gasteiger partial charge in [0.1, 0.15) is 30.5 Å². The Hall–Kier alpha value is -5.24. The maximum absolute atomic E-state index is 14.2. The third-order valence-electron chi connectivity index (χ3n) is 11.5. The van der Waals surface area contributed by atoms with E-state index in [1.807, 2.05) is 36.4 Å². The van der Waals surface area contributed by atoms with Gasteiger partial charge >= 0.3 is 12.2 Å². The van der Waals surface area contributed by atoms with Gasteiger partial charge in [0, 0.05) is 44.2 Å². The van der Waals surface area contributed by atoms with E-state index >= 15 is 0 Å². The topological polar surface area (TPSA) is 148 Å². The number of nitrogens with zero attached hydrogens (tertiary/aromatic N) is 2. The number of fused-ring (bicyclic) bond motifs is 2. The normalized spacial score (nSPS) is 23.5. The molecule has 316 valence electrons. The highest BCUT2D eigenvalue weighted by Gasteiger charge is 2.65. The first kappa shape index (κ1) is 43.3. The number of unbranched alkanes of at least 4 members (excludes halogenated alkanes) is 2. The van der Waals surface area contributed by atoms with Crippen LogP contribution in [-0.4, -0.2) is 78.4 Å². The molecule has 6 rings (SSSR count). The number of carbonyl (C=O) groups is 2. The highest BCUT2D eigenvalue weighted by atomic mass is 19.1.